The van der Waals surface area contributed by atoms with Crippen LogP contribution in [0, 0.1) is 24.0 Å². The zero-order chi connectivity index (χ0) is 20.8. The molecule has 1 fully saturated rings. The van der Waals surface area contributed by atoms with Crippen LogP contribution in [0.1, 0.15) is 29.8 Å². The quantitative estimate of drug-likeness (QED) is 0.416. The second kappa shape index (κ2) is 9.33. The molecule has 154 valence electrons. The van der Waals surface area contributed by atoms with E-state index in [1.807, 2.05) is 19.9 Å². The van der Waals surface area contributed by atoms with Gasteiger partial charge in [-0.2, -0.15) is 5.10 Å². The van der Waals surface area contributed by atoms with E-state index in [1.165, 1.54) is 18.2 Å². The number of benzene rings is 1. The van der Waals surface area contributed by atoms with Crippen molar-refractivity contribution >= 4 is 17.8 Å². The van der Waals surface area contributed by atoms with Crippen molar-refractivity contribution in [2.75, 3.05) is 13.2 Å². The van der Waals surface area contributed by atoms with Crippen LogP contribution in [0.3, 0.4) is 0 Å². The zero-order valence-electron chi connectivity index (χ0n) is 16.5. The molecule has 1 aromatic heterocycles. The Kier molecular flexibility index (Phi) is 6.61. The molecule has 29 heavy (non-hydrogen) atoms. The van der Waals surface area contributed by atoms with Gasteiger partial charge < -0.3 is 14.0 Å². The smallest absolute Gasteiger partial charge is 0.310 e. The summed E-state index contributed by atoms with van der Waals surface area (Å²) in [5, 5.41) is 14.9. The lowest BCUT2D eigenvalue weighted by Gasteiger charge is -2.14. The number of hydrogen-bond acceptors (Lipinski definition) is 6. The van der Waals surface area contributed by atoms with Gasteiger partial charge in [-0.1, -0.05) is 12.1 Å². The highest BCUT2D eigenvalue weighted by atomic mass is 16.6. The first-order valence-corrected chi connectivity index (χ1v) is 9.42. The van der Waals surface area contributed by atoms with Crippen LogP contribution in [0.25, 0.3) is 0 Å². The van der Waals surface area contributed by atoms with E-state index >= 15 is 0 Å². The number of hydrogen-bond donors (Lipinski definition) is 1. The Labute approximate surface area is 168 Å². The van der Waals surface area contributed by atoms with Crippen molar-refractivity contribution in [3.63, 3.8) is 0 Å². The second-order valence-electron chi connectivity index (χ2n) is 6.88. The van der Waals surface area contributed by atoms with Gasteiger partial charge in [0.05, 0.1) is 17.2 Å². The average Bonchev–Trinajstić information content (AvgIpc) is 3.31. The van der Waals surface area contributed by atoms with Crippen LogP contribution in [0.4, 0.5) is 5.69 Å². The summed E-state index contributed by atoms with van der Waals surface area (Å²) in [7, 11) is 0. The zero-order valence-corrected chi connectivity index (χ0v) is 16.5. The van der Waals surface area contributed by atoms with Crippen molar-refractivity contribution in [3.8, 4) is 5.75 Å². The number of amides is 1. The molecule has 1 atom stereocenters. The first-order chi connectivity index (χ1) is 14.0. The van der Waals surface area contributed by atoms with Gasteiger partial charge in [-0.25, -0.2) is 5.43 Å². The molecule has 2 aromatic rings. The number of rotatable bonds is 8. The van der Waals surface area contributed by atoms with Crippen LogP contribution in [0.5, 0.6) is 5.75 Å². The van der Waals surface area contributed by atoms with E-state index in [1.54, 1.807) is 12.3 Å². The number of ether oxygens (including phenoxy) is 2. The Balaban J connectivity index is 1.54. The first-order valence-electron chi connectivity index (χ1n) is 9.42. The highest BCUT2D eigenvalue weighted by Gasteiger charge is 2.18. The minimum absolute atomic E-state index is 0.0364. The van der Waals surface area contributed by atoms with Gasteiger partial charge in [0.25, 0.3) is 5.91 Å². The summed E-state index contributed by atoms with van der Waals surface area (Å²) < 4.78 is 13.1. The second-order valence-corrected chi connectivity index (χ2v) is 6.88. The lowest BCUT2D eigenvalue weighted by Crippen LogP contribution is -2.24. The van der Waals surface area contributed by atoms with Crippen molar-refractivity contribution in [1.82, 2.24) is 9.99 Å². The van der Waals surface area contributed by atoms with Gasteiger partial charge >= 0.3 is 5.69 Å². The fourth-order valence-corrected chi connectivity index (χ4v) is 3.31. The van der Waals surface area contributed by atoms with Crippen LogP contribution in [0.15, 0.2) is 35.4 Å². The van der Waals surface area contributed by atoms with Crippen molar-refractivity contribution in [2.24, 2.45) is 5.10 Å². The molecule has 0 aliphatic carbocycles. The number of nitrogens with zero attached hydrogens (tertiary/aromatic N) is 3. The van der Waals surface area contributed by atoms with E-state index in [9.17, 15) is 14.9 Å². The summed E-state index contributed by atoms with van der Waals surface area (Å²) >= 11 is 0. The maximum Gasteiger partial charge on any atom is 0.310 e. The number of nitro groups is 1. The molecule has 1 aromatic carbocycles. The van der Waals surface area contributed by atoms with E-state index in [-0.39, 0.29) is 24.1 Å². The summed E-state index contributed by atoms with van der Waals surface area (Å²) in [5.41, 5.74) is 5.24. The Morgan fingerprint density at radius 3 is 2.97 bits per heavy atom. The van der Waals surface area contributed by atoms with Crippen LogP contribution < -0.4 is 10.2 Å². The molecule has 2 heterocycles. The average molecular weight is 400 g/mol. The maximum absolute atomic E-state index is 11.9. The van der Waals surface area contributed by atoms with Crippen LogP contribution in [-0.4, -0.2) is 40.9 Å². The topological polar surface area (TPSA) is 108 Å². The number of carbonyl (C=O) groups is 1. The summed E-state index contributed by atoms with van der Waals surface area (Å²) in [6.45, 7) is 5.28. The summed E-state index contributed by atoms with van der Waals surface area (Å²) in [6.07, 6.45) is 3.98. The molecule has 0 spiro atoms. The summed E-state index contributed by atoms with van der Waals surface area (Å²) in [4.78, 5) is 22.3. The molecular formula is C20H24N4O5. The largest absolute Gasteiger partial charge is 0.477 e. The number of nitro benzene ring substituents is 1. The van der Waals surface area contributed by atoms with Gasteiger partial charge in [-0.3, -0.25) is 14.9 Å². The monoisotopic (exact) mass is 400 g/mol. The Morgan fingerprint density at radius 2 is 2.24 bits per heavy atom. The molecule has 9 nitrogen and oxygen atoms in total. The number of aromatic nitrogens is 1. The normalized spacial score (nSPS) is 16.3. The lowest BCUT2D eigenvalue weighted by molar-refractivity contribution is -0.385. The minimum Gasteiger partial charge on any atom is -0.477 e. The minimum atomic E-state index is -0.558. The molecule has 9 heteroatoms. The van der Waals surface area contributed by atoms with Crippen molar-refractivity contribution in [1.29, 1.82) is 0 Å². The van der Waals surface area contributed by atoms with E-state index < -0.39 is 10.8 Å². The third kappa shape index (κ3) is 5.20. The highest BCUT2D eigenvalue weighted by Crippen LogP contribution is 2.25. The predicted octanol–water partition coefficient (Wildman–Crippen LogP) is 2.72. The SMILES string of the molecule is Cc1cc(/C=N\NC(=O)COc2ccccc2[N+](=O)[O-])c(C)n1C[C@H]1CCCO1. The third-order valence-corrected chi connectivity index (χ3v) is 4.84. The van der Waals surface area contributed by atoms with Gasteiger partial charge in [0.15, 0.2) is 12.4 Å². The fourth-order valence-electron chi connectivity index (χ4n) is 3.31. The molecule has 1 N–H and O–H groups in total. The van der Waals surface area contributed by atoms with E-state index in [2.05, 4.69) is 15.1 Å². The molecule has 3 rings (SSSR count). The molecule has 1 amide bonds. The molecule has 0 radical (unpaired) electrons. The maximum atomic E-state index is 11.9. The Hall–Kier alpha value is -3.20. The van der Waals surface area contributed by atoms with Gasteiger partial charge in [0, 0.05) is 36.2 Å². The Morgan fingerprint density at radius 1 is 1.45 bits per heavy atom. The van der Waals surface area contributed by atoms with Crippen LogP contribution >= 0.6 is 0 Å². The van der Waals surface area contributed by atoms with E-state index in [0.29, 0.717) is 0 Å². The number of para-hydroxylation sites is 2. The number of carbonyl (C=O) groups excluding carboxylic acids is 1. The molecule has 1 aliphatic heterocycles. The summed E-state index contributed by atoms with van der Waals surface area (Å²) in [5.74, 6) is -0.470. The molecule has 0 unspecified atom stereocenters. The lowest BCUT2D eigenvalue weighted by atomic mass is 10.2. The highest BCUT2D eigenvalue weighted by molar-refractivity contribution is 5.84. The van der Waals surface area contributed by atoms with Gasteiger partial charge in [-0.15, -0.1) is 0 Å². The van der Waals surface area contributed by atoms with Crippen LogP contribution in [-0.2, 0) is 16.1 Å². The number of hydrazone groups is 1. The van der Waals surface area contributed by atoms with E-state index in [4.69, 9.17) is 9.47 Å². The Bertz CT molecular complexity index is 916. The standard InChI is InChI=1S/C20H24N4O5/c1-14-10-16(15(2)23(14)12-17-6-5-9-28-17)11-21-22-20(25)13-29-19-8-4-3-7-18(19)24(26)27/h3-4,7-8,10-11,17H,5-6,9,12-13H2,1-2H3,(H,22,25)/b21-11-/t17-/m1/s1. The van der Waals surface area contributed by atoms with Crippen molar-refractivity contribution < 1.29 is 19.2 Å². The molecular weight excluding hydrogens is 376 g/mol. The van der Waals surface area contributed by atoms with Gasteiger partial charge in [-0.05, 0) is 38.8 Å². The van der Waals surface area contributed by atoms with Crippen LogP contribution in [0.2, 0.25) is 0 Å². The van der Waals surface area contributed by atoms with Crippen molar-refractivity contribution in [3.05, 3.63) is 57.4 Å². The molecule has 0 saturated carbocycles. The molecule has 0 bridgehead atoms. The van der Waals surface area contributed by atoms with Gasteiger partial charge in [0.2, 0.25) is 0 Å². The van der Waals surface area contributed by atoms with Crippen molar-refractivity contribution in [2.45, 2.75) is 39.3 Å². The number of aryl methyl sites for hydroxylation is 1. The molecule has 1 aliphatic rings. The third-order valence-electron chi connectivity index (χ3n) is 4.84. The van der Waals surface area contributed by atoms with E-state index in [0.717, 1.165) is 42.9 Å². The fraction of sp³-hybridized carbons (Fsp3) is 0.400. The predicted molar refractivity (Wildman–Crippen MR) is 107 cm³/mol. The first kappa shape index (κ1) is 20.5. The number of nitrogens with one attached hydrogen (secondary N) is 1. The molecule has 1 saturated heterocycles. The summed E-state index contributed by atoms with van der Waals surface area (Å²) in [6, 6.07) is 7.90. The van der Waals surface area contributed by atoms with Gasteiger partial charge in [0.1, 0.15) is 0 Å².